The van der Waals surface area contributed by atoms with Crippen molar-refractivity contribution in [1.29, 1.82) is 0 Å². The third-order valence-electron chi connectivity index (χ3n) is 6.05. The summed E-state index contributed by atoms with van der Waals surface area (Å²) in [5.74, 6) is -0.769. The summed E-state index contributed by atoms with van der Waals surface area (Å²) in [5, 5.41) is 11.5. The van der Waals surface area contributed by atoms with Crippen molar-refractivity contribution < 1.29 is 19.1 Å². The summed E-state index contributed by atoms with van der Waals surface area (Å²) in [5.41, 5.74) is -0.888. The zero-order valence-electron chi connectivity index (χ0n) is 15.5. The molecule has 1 aromatic heterocycles. The van der Waals surface area contributed by atoms with E-state index in [1.165, 1.54) is 16.2 Å². The van der Waals surface area contributed by atoms with E-state index in [-0.39, 0.29) is 42.0 Å². The number of amides is 3. The van der Waals surface area contributed by atoms with Crippen molar-refractivity contribution in [3.8, 4) is 0 Å². The summed E-state index contributed by atoms with van der Waals surface area (Å²) in [6.45, 7) is 6.36. The molecule has 1 N–H and O–H groups in total. The third kappa shape index (κ3) is 2.92. The fourth-order valence-electron chi connectivity index (χ4n) is 3.99. The third-order valence-corrected chi connectivity index (χ3v) is 6.86. The summed E-state index contributed by atoms with van der Waals surface area (Å²) in [6.07, 6.45) is 1.48. The highest BCUT2D eigenvalue weighted by Gasteiger charge is 2.64. The Morgan fingerprint density at radius 2 is 2.08 bits per heavy atom. The van der Waals surface area contributed by atoms with Gasteiger partial charge in [0.05, 0.1) is 5.41 Å². The van der Waals surface area contributed by atoms with Crippen LogP contribution in [0.25, 0.3) is 0 Å². The molecular formula is C17H24N4O4S. The number of ether oxygens (including phenoxy) is 1. The molecule has 1 saturated carbocycles. The molecule has 8 nitrogen and oxygen atoms in total. The van der Waals surface area contributed by atoms with Gasteiger partial charge in [-0.1, -0.05) is 32.1 Å². The number of piperidine rings is 1. The fraction of sp³-hybridized carbons (Fsp3) is 0.706. The van der Waals surface area contributed by atoms with Crippen LogP contribution >= 0.6 is 11.3 Å². The van der Waals surface area contributed by atoms with Gasteiger partial charge in [0, 0.05) is 26.0 Å². The number of methoxy groups -OCH3 is 1. The molecule has 2 aliphatic rings. The molecule has 2 bridgehead atoms. The summed E-state index contributed by atoms with van der Waals surface area (Å²) < 4.78 is 4.96. The van der Waals surface area contributed by atoms with Crippen molar-refractivity contribution in [2.75, 3.05) is 19.0 Å². The van der Waals surface area contributed by atoms with Gasteiger partial charge in [-0.3, -0.25) is 19.3 Å². The van der Waals surface area contributed by atoms with Crippen molar-refractivity contribution in [2.45, 2.75) is 46.6 Å². The Morgan fingerprint density at radius 3 is 2.77 bits per heavy atom. The second-order valence-electron chi connectivity index (χ2n) is 7.67. The average Bonchev–Trinajstić information content (AvgIpc) is 3.07. The van der Waals surface area contributed by atoms with E-state index in [1.54, 1.807) is 7.11 Å². The van der Waals surface area contributed by atoms with Crippen molar-refractivity contribution in [1.82, 2.24) is 15.1 Å². The minimum Gasteiger partial charge on any atom is -0.377 e. The zero-order valence-corrected chi connectivity index (χ0v) is 16.3. The maximum atomic E-state index is 12.9. The molecule has 1 aliphatic heterocycles. The number of carbonyl (C=O) groups is 3. The highest BCUT2D eigenvalue weighted by molar-refractivity contribution is 7.15. The SMILES string of the molecule is COCc1nnc(NC(=O)CCN2C(=O)C3CCC(C)(C2=O)C3(C)C)s1. The van der Waals surface area contributed by atoms with E-state index >= 15 is 0 Å². The number of carbonyl (C=O) groups excluding carboxylic acids is 3. The molecule has 0 radical (unpaired) electrons. The molecule has 1 aromatic rings. The molecule has 0 aromatic carbocycles. The average molecular weight is 380 g/mol. The number of fused-ring (bicyclic) bond motifs is 2. The van der Waals surface area contributed by atoms with E-state index in [0.29, 0.717) is 23.2 Å². The maximum absolute atomic E-state index is 12.9. The normalized spacial score (nSPS) is 27.1. The van der Waals surface area contributed by atoms with Crippen LogP contribution in [0, 0.1) is 16.7 Å². The first-order valence-corrected chi connectivity index (χ1v) is 9.49. The van der Waals surface area contributed by atoms with Gasteiger partial charge in [-0.25, -0.2) is 0 Å². The Labute approximate surface area is 156 Å². The predicted molar refractivity (Wildman–Crippen MR) is 95.2 cm³/mol. The van der Waals surface area contributed by atoms with E-state index in [9.17, 15) is 14.4 Å². The molecule has 3 rings (SSSR count). The second-order valence-corrected chi connectivity index (χ2v) is 8.73. The van der Waals surface area contributed by atoms with Gasteiger partial charge < -0.3 is 10.1 Å². The van der Waals surface area contributed by atoms with Crippen molar-refractivity contribution in [3.05, 3.63) is 5.01 Å². The van der Waals surface area contributed by atoms with Gasteiger partial charge >= 0.3 is 0 Å². The van der Waals surface area contributed by atoms with Crippen LogP contribution in [-0.2, 0) is 25.7 Å². The number of hydrogen-bond donors (Lipinski definition) is 1. The topological polar surface area (TPSA) is 101 Å². The number of hydrogen-bond acceptors (Lipinski definition) is 7. The van der Waals surface area contributed by atoms with Gasteiger partial charge in [-0.15, -0.1) is 10.2 Å². The standard InChI is InChI=1S/C17H24N4O4S/c1-16(2)10-5-7-17(16,3)14(24)21(13(10)23)8-6-11(22)18-15-20-19-12(26-15)9-25-4/h10H,5-9H2,1-4H3,(H,18,20,22). The first-order chi connectivity index (χ1) is 12.2. The van der Waals surface area contributed by atoms with Crippen molar-refractivity contribution >= 4 is 34.2 Å². The minimum absolute atomic E-state index is 0.0416. The first-order valence-electron chi connectivity index (χ1n) is 8.67. The van der Waals surface area contributed by atoms with E-state index in [1.807, 2.05) is 20.8 Å². The van der Waals surface area contributed by atoms with Gasteiger partial charge in [0.2, 0.25) is 22.9 Å². The van der Waals surface area contributed by atoms with Crippen LogP contribution in [0.1, 0.15) is 45.0 Å². The van der Waals surface area contributed by atoms with Crippen LogP contribution in [-0.4, -0.2) is 46.5 Å². The van der Waals surface area contributed by atoms with Crippen LogP contribution in [0.4, 0.5) is 5.13 Å². The molecule has 2 unspecified atom stereocenters. The van der Waals surface area contributed by atoms with Crippen LogP contribution < -0.4 is 5.32 Å². The fourth-order valence-corrected chi connectivity index (χ4v) is 4.72. The van der Waals surface area contributed by atoms with Crippen molar-refractivity contribution in [2.24, 2.45) is 16.7 Å². The quantitative estimate of drug-likeness (QED) is 0.756. The number of anilines is 1. The van der Waals surface area contributed by atoms with E-state index in [4.69, 9.17) is 4.74 Å². The Bertz CT molecular complexity index is 747. The molecule has 26 heavy (non-hydrogen) atoms. The van der Waals surface area contributed by atoms with Crippen LogP contribution in [0.2, 0.25) is 0 Å². The molecule has 0 spiro atoms. The lowest BCUT2D eigenvalue weighted by atomic mass is 9.62. The maximum Gasteiger partial charge on any atom is 0.235 e. The summed E-state index contributed by atoms with van der Waals surface area (Å²) in [7, 11) is 1.56. The molecule has 1 saturated heterocycles. The van der Waals surface area contributed by atoms with Gasteiger partial charge in [0.15, 0.2) is 0 Å². The Kier molecular flexibility index (Phi) is 4.87. The summed E-state index contributed by atoms with van der Waals surface area (Å²) >= 11 is 1.23. The number of nitrogens with zero attached hydrogens (tertiary/aromatic N) is 3. The van der Waals surface area contributed by atoms with Crippen LogP contribution in [0.15, 0.2) is 0 Å². The Morgan fingerprint density at radius 1 is 1.35 bits per heavy atom. The largest absolute Gasteiger partial charge is 0.377 e. The minimum atomic E-state index is -0.545. The number of rotatable bonds is 6. The van der Waals surface area contributed by atoms with Crippen LogP contribution in [0.3, 0.4) is 0 Å². The lowest BCUT2D eigenvalue weighted by Gasteiger charge is -2.47. The molecule has 9 heteroatoms. The van der Waals surface area contributed by atoms with Gasteiger partial charge in [-0.2, -0.15) is 0 Å². The number of imide groups is 1. The number of aromatic nitrogens is 2. The van der Waals surface area contributed by atoms with Crippen LogP contribution in [0.5, 0.6) is 0 Å². The molecule has 3 amide bonds. The number of nitrogens with one attached hydrogen (secondary N) is 1. The smallest absolute Gasteiger partial charge is 0.235 e. The van der Waals surface area contributed by atoms with E-state index < -0.39 is 5.41 Å². The van der Waals surface area contributed by atoms with Crippen molar-refractivity contribution in [3.63, 3.8) is 0 Å². The molecule has 1 aliphatic carbocycles. The Balaban J connectivity index is 1.61. The Hall–Kier alpha value is -1.87. The molecule has 2 atom stereocenters. The predicted octanol–water partition coefficient (Wildman–Crippen LogP) is 1.82. The molecule has 142 valence electrons. The summed E-state index contributed by atoms with van der Waals surface area (Å²) in [6, 6.07) is 0. The van der Waals surface area contributed by atoms with Gasteiger partial charge in [0.25, 0.3) is 0 Å². The highest BCUT2D eigenvalue weighted by Crippen LogP contribution is 2.59. The van der Waals surface area contributed by atoms with Gasteiger partial charge in [-0.05, 0) is 18.3 Å². The van der Waals surface area contributed by atoms with Gasteiger partial charge in [0.1, 0.15) is 11.6 Å². The molecular weight excluding hydrogens is 356 g/mol. The second kappa shape index (κ2) is 6.70. The molecule has 2 heterocycles. The zero-order chi connectivity index (χ0) is 19.1. The number of likely N-dealkylation sites (tertiary alicyclic amines) is 1. The highest BCUT2D eigenvalue weighted by atomic mass is 32.1. The van der Waals surface area contributed by atoms with E-state index in [0.717, 1.165) is 6.42 Å². The van der Waals surface area contributed by atoms with E-state index in [2.05, 4.69) is 15.5 Å². The monoisotopic (exact) mass is 380 g/mol. The molecule has 2 fully saturated rings. The lowest BCUT2D eigenvalue weighted by Crippen LogP contribution is -2.59. The summed E-state index contributed by atoms with van der Waals surface area (Å²) in [4.78, 5) is 39.1. The first kappa shape index (κ1) is 18.9. The lowest BCUT2D eigenvalue weighted by molar-refractivity contribution is -0.167.